The summed E-state index contributed by atoms with van der Waals surface area (Å²) in [4.78, 5) is 27.2. The lowest BCUT2D eigenvalue weighted by atomic mass is 10.1. The summed E-state index contributed by atoms with van der Waals surface area (Å²) in [6.07, 6.45) is 0.817. The lowest BCUT2D eigenvalue weighted by Crippen LogP contribution is -2.48. The Labute approximate surface area is 141 Å². The Kier molecular flexibility index (Phi) is 6.43. The van der Waals surface area contributed by atoms with E-state index in [1.807, 2.05) is 0 Å². The standard InChI is InChI=1S/C17H24N2O5/c1-23-13-5-6-14(15(12-13)24-2)17(22)19-10-8-18(9-11-19)7-3-4-16(20)21/h5-6,12H,3-4,7-11H2,1-2H3,(H,20,21). The molecule has 24 heavy (non-hydrogen) atoms. The van der Waals surface area contributed by atoms with Crippen molar-refractivity contribution in [3.8, 4) is 11.5 Å². The van der Waals surface area contributed by atoms with Crippen LogP contribution in [0.5, 0.6) is 11.5 Å². The molecule has 0 atom stereocenters. The van der Waals surface area contributed by atoms with Gasteiger partial charge in [0.2, 0.25) is 0 Å². The molecule has 0 saturated carbocycles. The maximum Gasteiger partial charge on any atom is 0.303 e. The van der Waals surface area contributed by atoms with Crippen molar-refractivity contribution in [3.05, 3.63) is 23.8 Å². The van der Waals surface area contributed by atoms with E-state index in [1.165, 1.54) is 7.11 Å². The van der Waals surface area contributed by atoms with Crippen LogP contribution >= 0.6 is 0 Å². The number of carboxylic acids is 1. The molecular weight excluding hydrogens is 312 g/mol. The Hall–Kier alpha value is -2.28. The van der Waals surface area contributed by atoms with Crippen LogP contribution in [0.4, 0.5) is 0 Å². The van der Waals surface area contributed by atoms with E-state index in [1.54, 1.807) is 30.2 Å². The number of hydrogen-bond donors (Lipinski definition) is 1. The fourth-order valence-electron chi connectivity index (χ4n) is 2.77. The third-order valence-electron chi connectivity index (χ3n) is 4.16. The summed E-state index contributed by atoms with van der Waals surface area (Å²) in [5, 5.41) is 8.68. The number of piperazine rings is 1. The first-order valence-electron chi connectivity index (χ1n) is 8.00. The number of carboxylic acid groups (broad SMARTS) is 1. The molecular formula is C17H24N2O5. The number of hydrogen-bond acceptors (Lipinski definition) is 5. The molecule has 1 heterocycles. The maximum absolute atomic E-state index is 12.7. The highest BCUT2D eigenvalue weighted by Crippen LogP contribution is 2.26. The zero-order valence-corrected chi connectivity index (χ0v) is 14.2. The molecule has 1 fully saturated rings. The van der Waals surface area contributed by atoms with Crippen molar-refractivity contribution >= 4 is 11.9 Å². The van der Waals surface area contributed by atoms with Gasteiger partial charge in [0.05, 0.1) is 19.8 Å². The third kappa shape index (κ3) is 4.61. The van der Waals surface area contributed by atoms with Gasteiger partial charge in [-0.2, -0.15) is 0 Å². The lowest BCUT2D eigenvalue weighted by molar-refractivity contribution is -0.137. The number of methoxy groups -OCH3 is 2. The summed E-state index contributed by atoms with van der Waals surface area (Å²) in [5.41, 5.74) is 0.526. The minimum absolute atomic E-state index is 0.0558. The molecule has 0 aromatic heterocycles. The second-order valence-corrected chi connectivity index (χ2v) is 5.70. The molecule has 0 radical (unpaired) electrons. The average Bonchev–Trinajstić information content (AvgIpc) is 2.60. The molecule has 0 bridgehead atoms. The van der Waals surface area contributed by atoms with Gasteiger partial charge in [-0.1, -0.05) is 0 Å². The van der Waals surface area contributed by atoms with Crippen molar-refractivity contribution in [1.29, 1.82) is 0 Å². The van der Waals surface area contributed by atoms with E-state index in [2.05, 4.69) is 4.90 Å². The van der Waals surface area contributed by atoms with Gasteiger partial charge >= 0.3 is 5.97 Å². The number of carbonyl (C=O) groups excluding carboxylic acids is 1. The van der Waals surface area contributed by atoms with Crippen LogP contribution in [-0.2, 0) is 4.79 Å². The first kappa shape index (κ1) is 18.1. The molecule has 1 aliphatic heterocycles. The second-order valence-electron chi connectivity index (χ2n) is 5.70. The van der Waals surface area contributed by atoms with E-state index < -0.39 is 5.97 Å². The summed E-state index contributed by atoms with van der Waals surface area (Å²) >= 11 is 0. The van der Waals surface area contributed by atoms with Crippen molar-refractivity contribution in [2.45, 2.75) is 12.8 Å². The fraction of sp³-hybridized carbons (Fsp3) is 0.529. The van der Waals surface area contributed by atoms with Crippen LogP contribution in [0, 0.1) is 0 Å². The van der Waals surface area contributed by atoms with Crippen LogP contribution in [-0.4, -0.2) is 73.7 Å². The lowest BCUT2D eigenvalue weighted by Gasteiger charge is -2.34. The van der Waals surface area contributed by atoms with Crippen molar-refractivity contribution < 1.29 is 24.2 Å². The van der Waals surface area contributed by atoms with E-state index in [9.17, 15) is 9.59 Å². The van der Waals surface area contributed by atoms with E-state index in [0.29, 0.717) is 36.6 Å². The summed E-state index contributed by atoms with van der Waals surface area (Å²) < 4.78 is 10.5. The fourth-order valence-corrected chi connectivity index (χ4v) is 2.77. The average molecular weight is 336 g/mol. The molecule has 1 amide bonds. The van der Waals surface area contributed by atoms with Gasteiger partial charge in [0, 0.05) is 38.7 Å². The minimum atomic E-state index is -0.768. The second kappa shape index (κ2) is 8.54. The van der Waals surface area contributed by atoms with Crippen molar-refractivity contribution in [1.82, 2.24) is 9.80 Å². The van der Waals surface area contributed by atoms with Gasteiger partial charge in [-0.25, -0.2) is 0 Å². The molecule has 1 aliphatic rings. The van der Waals surface area contributed by atoms with E-state index in [4.69, 9.17) is 14.6 Å². The predicted octanol–water partition coefficient (Wildman–Crippen LogP) is 1.33. The summed E-state index contributed by atoms with van der Waals surface area (Å²) in [6, 6.07) is 5.17. The first-order chi connectivity index (χ1) is 11.5. The quantitative estimate of drug-likeness (QED) is 0.809. The van der Waals surface area contributed by atoms with E-state index in [-0.39, 0.29) is 12.3 Å². The highest BCUT2D eigenvalue weighted by atomic mass is 16.5. The van der Waals surface area contributed by atoms with E-state index >= 15 is 0 Å². The Morgan fingerprint density at radius 3 is 2.42 bits per heavy atom. The molecule has 7 heteroatoms. The summed E-state index contributed by atoms with van der Waals surface area (Å²) in [7, 11) is 3.10. The third-order valence-corrected chi connectivity index (χ3v) is 4.16. The molecule has 7 nitrogen and oxygen atoms in total. The van der Waals surface area contributed by atoms with Crippen LogP contribution < -0.4 is 9.47 Å². The summed E-state index contributed by atoms with van der Waals surface area (Å²) in [5.74, 6) is 0.324. The van der Waals surface area contributed by atoms with Gasteiger partial charge in [0.25, 0.3) is 5.91 Å². The smallest absolute Gasteiger partial charge is 0.303 e. The molecule has 0 aliphatic carbocycles. The van der Waals surface area contributed by atoms with Crippen LogP contribution in [0.25, 0.3) is 0 Å². The number of nitrogens with zero attached hydrogens (tertiary/aromatic N) is 2. The van der Waals surface area contributed by atoms with Crippen molar-refractivity contribution in [2.75, 3.05) is 46.9 Å². The van der Waals surface area contributed by atoms with Crippen molar-refractivity contribution in [2.24, 2.45) is 0 Å². The van der Waals surface area contributed by atoms with Gasteiger partial charge in [-0.3, -0.25) is 14.5 Å². The molecule has 1 saturated heterocycles. The molecule has 2 rings (SSSR count). The van der Waals surface area contributed by atoms with Gasteiger partial charge in [0.15, 0.2) is 0 Å². The Morgan fingerprint density at radius 2 is 1.83 bits per heavy atom. The number of carbonyl (C=O) groups is 2. The van der Waals surface area contributed by atoms with Gasteiger partial charge in [0.1, 0.15) is 11.5 Å². The maximum atomic E-state index is 12.7. The Bertz CT molecular complexity index is 582. The molecule has 1 aromatic rings. The van der Waals surface area contributed by atoms with Gasteiger partial charge < -0.3 is 19.5 Å². The number of ether oxygens (including phenoxy) is 2. The van der Waals surface area contributed by atoms with E-state index in [0.717, 1.165) is 19.6 Å². The molecule has 1 N–H and O–H groups in total. The largest absolute Gasteiger partial charge is 0.497 e. The van der Waals surface area contributed by atoms with Crippen LogP contribution in [0.3, 0.4) is 0 Å². The highest BCUT2D eigenvalue weighted by molar-refractivity contribution is 5.97. The summed E-state index contributed by atoms with van der Waals surface area (Å²) in [6.45, 7) is 3.51. The monoisotopic (exact) mass is 336 g/mol. The van der Waals surface area contributed by atoms with Crippen LogP contribution in [0.1, 0.15) is 23.2 Å². The van der Waals surface area contributed by atoms with Crippen molar-refractivity contribution in [3.63, 3.8) is 0 Å². The molecule has 0 unspecified atom stereocenters. The Morgan fingerprint density at radius 1 is 1.12 bits per heavy atom. The topological polar surface area (TPSA) is 79.3 Å². The van der Waals surface area contributed by atoms with Crippen LogP contribution in [0.15, 0.2) is 18.2 Å². The molecule has 0 spiro atoms. The number of rotatable bonds is 7. The van der Waals surface area contributed by atoms with Gasteiger partial charge in [-0.05, 0) is 25.1 Å². The molecule has 1 aromatic carbocycles. The normalized spacial score (nSPS) is 15.2. The number of benzene rings is 1. The van der Waals surface area contributed by atoms with Crippen LogP contribution in [0.2, 0.25) is 0 Å². The Balaban J connectivity index is 1.92. The zero-order valence-electron chi connectivity index (χ0n) is 14.2. The number of amides is 1. The number of aliphatic carboxylic acids is 1. The first-order valence-corrected chi connectivity index (χ1v) is 8.00. The molecule has 132 valence electrons. The highest BCUT2D eigenvalue weighted by Gasteiger charge is 2.24. The zero-order chi connectivity index (χ0) is 17.5. The minimum Gasteiger partial charge on any atom is -0.497 e. The predicted molar refractivity (Wildman–Crippen MR) is 88.8 cm³/mol. The van der Waals surface area contributed by atoms with Gasteiger partial charge in [-0.15, -0.1) is 0 Å². The SMILES string of the molecule is COc1ccc(C(=O)N2CCN(CCCC(=O)O)CC2)c(OC)c1.